The molecule has 0 radical (unpaired) electrons. The van der Waals surface area contributed by atoms with Crippen LogP contribution in [0.4, 0.5) is 0 Å². The van der Waals surface area contributed by atoms with Gasteiger partial charge in [0.2, 0.25) is 11.8 Å². The lowest BCUT2D eigenvalue weighted by molar-refractivity contribution is -0.138. The first-order valence-corrected chi connectivity index (χ1v) is 13.0. The van der Waals surface area contributed by atoms with Crippen LogP contribution in [0.15, 0.2) is 42.5 Å². The molecular weight excluding hydrogens is 479 g/mol. The highest BCUT2D eigenvalue weighted by molar-refractivity contribution is 7.99. The van der Waals surface area contributed by atoms with E-state index in [0.717, 1.165) is 36.8 Å². The van der Waals surface area contributed by atoms with Crippen LogP contribution in [0.25, 0.3) is 0 Å². The number of amides is 2. The molecular formula is C25H30Cl2N2O3S. The highest BCUT2D eigenvalue weighted by Gasteiger charge is 2.28. The molecule has 178 valence electrons. The largest absolute Gasteiger partial charge is 0.497 e. The molecule has 1 atom stereocenters. The van der Waals surface area contributed by atoms with Gasteiger partial charge in [-0.05, 0) is 55.2 Å². The van der Waals surface area contributed by atoms with Crippen molar-refractivity contribution >= 4 is 46.8 Å². The van der Waals surface area contributed by atoms with Crippen LogP contribution in [0.5, 0.6) is 5.75 Å². The molecule has 2 aromatic rings. The molecule has 0 heterocycles. The molecule has 0 spiro atoms. The summed E-state index contributed by atoms with van der Waals surface area (Å²) in [4.78, 5) is 27.9. The summed E-state index contributed by atoms with van der Waals surface area (Å²) in [5.74, 6) is 1.22. The lowest BCUT2D eigenvalue weighted by Gasteiger charge is -2.30. The SMILES string of the molecule is COc1cccc(CN(C(=O)CSCc2c(Cl)cccc2Cl)C(C)C(=O)NC2CCCC2)c1. The molecule has 33 heavy (non-hydrogen) atoms. The number of rotatable bonds is 10. The van der Waals surface area contributed by atoms with E-state index < -0.39 is 6.04 Å². The van der Waals surface area contributed by atoms with E-state index in [1.807, 2.05) is 24.3 Å². The Kier molecular flexibility index (Phi) is 9.78. The van der Waals surface area contributed by atoms with Gasteiger partial charge < -0.3 is 15.0 Å². The number of nitrogens with zero attached hydrogens (tertiary/aromatic N) is 1. The maximum absolute atomic E-state index is 13.3. The van der Waals surface area contributed by atoms with Gasteiger partial charge >= 0.3 is 0 Å². The van der Waals surface area contributed by atoms with Gasteiger partial charge in [0.1, 0.15) is 11.8 Å². The van der Waals surface area contributed by atoms with Gasteiger partial charge in [0.25, 0.3) is 0 Å². The standard InChI is InChI=1S/C25H30Cl2N2O3S/c1-17(25(31)28-19-8-3-4-9-19)29(14-18-7-5-10-20(13-18)32-2)24(30)16-33-15-21-22(26)11-6-12-23(21)27/h5-7,10-13,17,19H,3-4,8-9,14-16H2,1-2H3,(H,28,31). The summed E-state index contributed by atoms with van der Waals surface area (Å²) >= 11 is 14.0. The molecule has 2 amide bonds. The average molecular weight is 509 g/mol. The minimum atomic E-state index is -0.589. The van der Waals surface area contributed by atoms with E-state index in [-0.39, 0.29) is 23.6 Å². The number of ether oxygens (including phenoxy) is 1. The Bertz CT molecular complexity index is 946. The molecule has 1 N–H and O–H groups in total. The van der Waals surface area contributed by atoms with Gasteiger partial charge in [-0.2, -0.15) is 0 Å². The average Bonchev–Trinajstić information content (AvgIpc) is 3.32. The Balaban J connectivity index is 1.70. The van der Waals surface area contributed by atoms with Gasteiger partial charge in [0.15, 0.2) is 0 Å². The molecule has 1 saturated carbocycles. The van der Waals surface area contributed by atoms with Crippen molar-refractivity contribution in [3.05, 3.63) is 63.6 Å². The van der Waals surface area contributed by atoms with E-state index >= 15 is 0 Å². The predicted octanol–water partition coefficient (Wildman–Crippen LogP) is 5.71. The Hall–Kier alpha value is -1.89. The molecule has 0 bridgehead atoms. The van der Waals surface area contributed by atoms with Crippen molar-refractivity contribution in [2.45, 2.75) is 57.0 Å². The second kappa shape index (κ2) is 12.5. The van der Waals surface area contributed by atoms with Gasteiger partial charge in [-0.3, -0.25) is 9.59 Å². The minimum Gasteiger partial charge on any atom is -0.497 e. The fraction of sp³-hybridized carbons (Fsp3) is 0.440. The fourth-order valence-corrected chi connectivity index (χ4v) is 5.58. The third-order valence-corrected chi connectivity index (χ3v) is 7.54. The zero-order chi connectivity index (χ0) is 23.8. The van der Waals surface area contributed by atoms with Crippen molar-refractivity contribution in [2.24, 2.45) is 0 Å². The Labute approximate surface area is 210 Å². The van der Waals surface area contributed by atoms with Crippen LogP contribution >= 0.6 is 35.0 Å². The lowest BCUT2D eigenvalue weighted by atomic mass is 10.1. The van der Waals surface area contributed by atoms with Crippen molar-refractivity contribution in [1.29, 1.82) is 0 Å². The zero-order valence-electron chi connectivity index (χ0n) is 19.0. The smallest absolute Gasteiger partial charge is 0.242 e. The number of thioether (sulfide) groups is 1. The first-order valence-electron chi connectivity index (χ1n) is 11.1. The maximum atomic E-state index is 13.3. The van der Waals surface area contributed by atoms with Crippen LogP contribution in [0, 0.1) is 0 Å². The number of nitrogens with one attached hydrogen (secondary N) is 1. The second-order valence-electron chi connectivity index (χ2n) is 8.23. The predicted molar refractivity (Wildman–Crippen MR) is 136 cm³/mol. The van der Waals surface area contributed by atoms with Crippen molar-refractivity contribution < 1.29 is 14.3 Å². The number of halogens is 2. The number of benzene rings is 2. The van der Waals surface area contributed by atoms with E-state index in [9.17, 15) is 9.59 Å². The van der Waals surface area contributed by atoms with Crippen molar-refractivity contribution in [3.8, 4) is 5.75 Å². The highest BCUT2D eigenvalue weighted by Crippen LogP contribution is 2.28. The Morgan fingerprint density at radius 1 is 1.15 bits per heavy atom. The van der Waals surface area contributed by atoms with E-state index in [2.05, 4.69) is 5.32 Å². The molecule has 5 nitrogen and oxygen atoms in total. The lowest BCUT2D eigenvalue weighted by Crippen LogP contribution is -2.50. The second-order valence-corrected chi connectivity index (χ2v) is 10.0. The summed E-state index contributed by atoms with van der Waals surface area (Å²) in [6.07, 6.45) is 4.26. The van der Waals surface area contributed by atoms with Gasteiger partial charge in [-0.25, -0.2) is 0 Å². The summed E-state index contributed by atoms with van der Waals surface area (Å²) in [5, 5.41) is 4.29. The van der Waals surface area contributed by atoms with E-state index in [4.69, 9.17) is 27.9 Å². The normalized spacial score (nSPS) is 14.7. The van der Waals surface area contributed by atoms with Crippen molar-refractivity contribution in [2.75, 3.05) is 12.9 Å². The number of hydrogen-bond acceptors (Lipinski definition) is 4. The topological polar surface area (TPSA) is 58.6 Å². The Morgan fingerprint density at radius 3 is 2.48 bits per heavy atom. The fourth-order valence-electron chi connectivity index (χ4n) is 3.94. The monoisotopic (exact) mass is 508 g/mol. The van der Waals surface area contributed by atoms with Crippen LogP contribution < -0.4 is 10.1 Å². The molecule has 2 aromatic carbocycles. The van der Waals surface area contributed by atoms with E-state index in [1.165, 1.54) is 11.8 Å². The van der Waals surface area contributed by atoms with E-state index in [0.29, 0.717) is 28.1 Å². The van der Waals surface area contributed by atoms with Gasteiger partial charge in [0.05, 0.1) is 12.9 Å². The third kappa shape index (κ3) is 7.29. The third-order valence-electron chi connectivity index (χ3n) is 5.89. The van der Waals surface area contributed by atoms with Crippen molar-refractivity contribution in [3.63, 3.8) is 0 Å². The van der Waals surface area contributed by atoms with Crippen LogP contribution in [-0.2, 0) is 21.9 Å². The van der Waals surface area contributed by atoms with Crippen molar-refractivity contribution in [1.82, 2.24) is 10.2 Å². The van der Waals surface area contributed by atoms with Crippen LogP contribution in [-0.4, -0.2) is 41.7 Å². The highest BCUT2D eigenvalue weighted by atomic mass is 35.5. The first kappa shape index (κ1) is 25.7. The molecule has 1 unspecified atom stereocenters. The van der Waals surface area contributed by atoms with E-state index in [1.54, 1.807) is 37.1 Å². The molecule has 1 fully saturated rings. The number of hydrogen-bond donors (Lipinski definition) is 1. The van der Waals surface area contributed by atoms with Gasteiger partial charge in [-0.1, -0.05) is 54.2 Å². The van der Waals surface area contributed by atoms with Crippen LogP contribution in [0.2, 0.25) is 10.0 Å². The molecule has 1 aliphatic rings. The molecule has 1 aliphatic carbocycles. The minimum absolute atomic E-state index is 0.111. The summed E-state index contributed by atoms with van der Waals surface area (Å²) < 4.78 is 5.32. The molecule has 0 saturated heterocycles. The number of methoxy groups -OCH3 is 1. The summed E-state index contributed by atoms with van der Waals surface area (Å²) in [6, 6.07) is 12.5. The molecule has 0 aromatic heterocycles. The van der Waals surface area contributed by atoms with Gasteiger partial charge in [0, 0.05) is 28.4 Å². The molecule has 0 aliphatic heterocycles. The summed E-state index contributed by atoms with van der Waals surface area (Å²) in [6.45, 7) is 2.11. The van der Waals surface area contributed by atoms with Crippen LogP contribution in [0.1, 0.15) is 43.7 Å². The Morgan fingerprint density at radius 2 is 1.82 bits per heavy atom. The number of carbonyl (C=O) groups excluding carboxylic acids is 2. The first-order chi connectivity index (χ1) is 15.9. The summed E-state index contributed by atoms with van der Waals surface area (Å²) in [5.41, 5.74) is 1.72. The number of carbonyl (C=O) groups is 2. The zero-order valence-corrected chi connectivity index (χ0v) is 21.3. The van der Waals surface area contributed by atoms with Crippen LogP contribution in [0.3, 0.4) is 0 Å². The molecule has 8 heteroatoms. The quantitative estimate of drug-likeness (QED) is 0.446. The van der Waals surface area contributed by atoms with Gasteiger partial charge in [-0.15, -0.1) is 11.8 Å². The maximum Gasteiger partial charge on any atom is 0.242 e. The summed E-state index contributed by atoms with van der Waals surface area (Å²) in [7, 11) is 1.61. The molecule has 3 rings (SSSR count).